The summed E-state index contributed by atoms with van der Waals surface area (Å²) in [4.78, 5) is 95.1. The molecule has 2 aromatic carbocycles. The van der Waals surface area contributed by atoms with Gasteiger partial charge in [-0.05, 0) is 81.5 Å². The molecule has 2 aliphatic rings. The van der Waals surface area contributed by atoms with Crippen LogP contribution in [0.1, 0.15) is 102 Å². The molecule has 2 heterocycles. The van der Waals surface area contributed by atoms with E-state index in [2.05, 4.69) is 33.5 Å². The van der Waals surface area contributed by atoms with Crippen molar-refractivity contribution < 1.29 is 48.5 Å². The third-order valence-corrected chi connectivity index (χ3v) is 10.7. The smallest absolute Gasteiger partial charge is 0.248 e. The Labute approximate surface area is 350 Å². The Morgan fingerprint density at radius 1 is 0.883 bits per heavy atom. The van der Waals surface area contributed by atoms with Crippen molar-refractivity contribution in [2.75, 3.05) is 26.7 Å². The third-order valence-electron chi connectivity index (χ3n) is 10.7. The van der Waals surface area contributed by atoms with Crippen LogP contribution in [0.15, 0.2) is 36.4 Å². The van der Waals surface area contributed by atoms with Crippen molar-refractivity contribution in [2.24, 2.45) is 5.73 Å². The number of hydrogen-bond acceptors (Lipinski definition) is 11. The van der Waals surface area contributed by atoms with E-state index in [4.69, 9.17) is 10.5 Å². The van der Waals surface area contributed by atoms with E-state index in [1.54, 1.807) is 6.07 Å². The summed E-state index contributed by atoms with van der Waals surface area (Å²) in [6.07, 6.45) is 5.77. The van der Waals surface area contributed by atoms with E-state index in [1.807, 2.05) is 0 Å². The zero-order valence-electron chi connectivity index (χ0n) is 35.0. The lowest BCUT2D eigenvalue weighted by molar-refractivity contribution is -0.143. The highest BCUT2D eigenvalue weighted by Crippen LogP contribution is 2.39. The molecule has 6 atom stereocenters. The molecule has 0 aliphatic carbocycles. The summed E-state index contributed by atoms with van der Waals surface area (Å²) in [6, 6.07) is 2.73. The number of aromatic hydroxyl groups is 2. The molecule has 0 saturated carbocycles. The van der Waals surface area contributed by atoms with Crippen LogP contribution < -0.4 is 32.3 Å². The average Bonchev–Trinajstić information content (AvgIpc) is 4.06. The zero-order valence-corrected chi connectivity index (χ0v) is 35.0. The number of ether oxygens (including phenoxy) is 1. The Morgan fingerprint density at radius 3 is 2.25 bits per heavy atom. The Bertz CT molecular complexity index is 1870. The Balaban J connectivity index is 1.61. The molecular formula is C43H61N7O10. The summed E-state index contributed by atoms with van der Waals surface area (Å²) in [6.45, 7) is 5.71. The van der Waals surface area contributed by atoms with Crippen LogP contribution in [0.2, 0.25) is 0 Å². The van der Waals surface area contributed by atoms with Crippen molar-refractivity contribution in [1.82, 2.24) is 31.5 Å². The van der Waals surface area contributed by atoms with Gasteiger partial charge < -0.3 is 52.2 Å². The van der Waals surface area contributed by atoms with Gasteiger partial charge in [0, 0.05) is 44.0 Å². The van der Waals surface area contributed by atoms with E-state index in [1.165, 1.54) is 51.2 Å². The van der Waals surface area contributed by atoms with Gasteiger partial charge in [0.25, 0.3) is 0 Å². The van der Waals surface area contributed by atoms with Gasteiger partial charge >= 0.3 is 0 Å². The lowest BCUT2D eigenvalue weighted by atomic mass is 9.93. The summed E-state index contributed by atoms with van der Waals surface area (Å²) in [7, 11) is 1.38. The number of carbonyl (C=O) groups excluding carboxylic acids is 7. The van der Waals surface area contributed by atoms with Crippen LogP contribution >= 0.6 is 0 Å². The summed E-state index contributed by atoms with van der Waals surface area (Å²) < 4.78 is 5.06. The minimum absolute atomic E-state index is 0.0730. The minimum atomic E-state index is -1.43. The van der Waals surface area contributed by atoms with Crippen molar-refractivity contribution in [2.45, 2.75) is 128 Å². The standard InChI is InChI=1S/C43H61N7O10/c1-5-6-7-8-9-13-36(53)45-20-18-37(54)48-31(12-10-11-19-44)43(59)50(4)38-28-15-17-34(52)30(23-28)29-21-27(14-16-33(29)51)22-32(49-40(56)26(3)47-42(38)58)41(57)46-25(2)39(55)35-24-60-35/h14-17,21,23,25-26,31-32,35,38,51-52H,5-13,18-20,22,24,44H2,1-4H3,(H,45,53)(H,46,57)(H,47,58)(H,48,54)(H,49,56)/t25-,26-,31-,32?,35?,38-/m0/s1. The van der Waals surface area contributed by atoms with Crippen LogP contribution in [0.3, 0.4) is 0 Å². The van der Waals surface area contributed by atoms with E-state index >= 15 is 0 Å². The maximum Gasteiger partial charge on any atom is 0.248 e. The van der Waals surface area contributed by atoms with Crippen LogP contribution in [0.25, 0.3) is 11.1 Å². The average molecular weight is 836 g/mol. The maximum atomic E-state index is 14.4. The molecule has 17 heteroatoms. The van der Waals surface area contributed by atoms with Gasteiger partial charge in [-0.2, -0.15) is 0 Å². The molecular weight excluding hydrogens is 775 g/mol. The number of amides is 6. The molecule has 1 saturated heterocycles. The van der Waals surface area contributed by atoms with Crippen LogP contribution in [-0.4, -0.2) is 113 Å². The van der Waals surface area contributed by atoms with E-state index in [9.17, 15) is 43.8 Å². The van der Waals surface area contributed by atoms with Gasteiger partial charge in [0.1, 0.15) is 41.8 Å². The molecule has 6 amide bonds. The van der Waals surface area contributed by atoms with Crippen molar-refractivity contribution in [3.63, 3.8) is 0 Å². The SMILES string of the molecule is CCCCCCCC(=O)NCCC(=O)N[C@@H](CCCCN)C(=O)N(C)[C@@H]1C(=O)N[C@@H](C)C(=O)NC(C(=O)N[C@@H](C)C(=O)C2CO2)Cc2ccc(O)c(c2)-c2cc1ccc2O. The Morgan fingerprint density at radius 2 is 1.57 bits per heavy atom. The lowest BCUT2D eigenvalue weighted by Gasteiger charge is -2.32. The van der Waals surface area contributed by atoms with Crippen molar-refractivity contribution in [3.05, 3.63) is 47.5 Å². The van der Waals surface area contributed by atoms with E-state index in [0.29, 0.717) is 31.4 Å². The quantitative estimate of drug-likeness (QED) is 0.0704. The largest absolute Gasteiger partial charge is 0.507 e. The third kappa shape index (κ3) is 13.5. The molecule has 328 valence electrons. The number of benzene rings is 2. The molecule has 60 heavy (non-hydrogen) atoms. The molecule has 0 radical (unpaired) electrons. The van der Waals surface area contributed by atoms with Gasteiger partial charge in [0.15, 0.2) is 5.78 Å². The number of likely N-dealkylation sites (N-methyl/N-ethyl adjacent to an activating group) is 1. The number of rotatable bonds is 20. The molecule has 9 N–H and O–H groups in total. The number of epoxide rings is 1. The second-order valence-corrected chi connectivity index (χ2v) is 15.6. The number of hydrogen-bond donors (Lipinski definition) is 8. The number of phenolic OH excluding ortho intramolecular Hbond substituents is 2. The molecule has 4 bridgehead atoms. The number of fused-ring (bicyclic) bond motifs is 5. The van der Waals surface area contributed by atoms with Gasteiger partial charge in [-0.1, -0.05) is 44.7 Å². The van der Waals surface area contributed by atoms with Gasteiger partial charge in [-0.25, -0.2) is 0 Å². The first-order valence-corrected chi connectivity index (χ1v) is 20.9. The monoisotopic (exact) mass is 835 g/mol. The second kappa shape index (κ2) is 22.7. The molecule has 17 nitrogen and oxygen atoms in total. The Hall–Kier alpha value is -5.55. The molecule has 2 aliphatic heterocycles. The van der Waals surface area contributed by atoms with Crippen molar-refractivity contribution >= 4 is 41.2 Å². The first-order chi connectivity index (χ1) is 28.6. The summed E-state index contributed by atoms with van der Waals surface area (Å²) in [5, 5.41) is 35.6. The van der Waals surface area contributed by atoms with Crippen LogP contribution in [0.4, 0.5) is 0 Å². The molecule has 1 fully saturated rings. The number of unbranched alkanes of at least 4 members (excludes halogenated alkanes) is 5. The molecule has 0 aromatic heterocycles. The number of phenols is 2. The predicted molar refractivity (Wildman–Crippen MR) is 222 cm³/mol. The van der Waals surface area contributed by atoms with Gasteiger partial charge in [-0.15, -0.1) is 0 Å². The Kier molecular flexibility index (Phi) is 17.8. The molecule has 2 aromatic rings. The molecule has 2 unspecified atom stereocenters. The van der Waals surface area contributed by atoms with Crippen LogP contribution in [0.5, 0.6) is 11.5 Å². The fourth-order valence-electron chi connectivity index (χ4n) is 7.07. The van der Waals surface area contributed by atoms with Crippen LogP contribution in [-0.2, 0) is 44.7 Å². The highest BCUT2D eigenvalue weighted by molar-refractivity contribution is 5.98. The fraction of sp³-hybridized carbons (Fsp3) is 0.558. The van der Waals surface area contributed by atoms with Gasteiger partial charge in [0.05, 0.1) is 12.6 Å². The predicted octanol–water partition coefficient (Wildman–Crippen LogP) is 1.76. The van der Waals surface area contributed by atoms with E-state index < -0.39 is 65.8 Å². The summed E-state index contributed by atoms with van der Waals surface area (Å²) in [5.41, 5.74) is 6.68. The van der Waals surface area contributed by atoms with E-state index in [-0.39, 0.29) is 72.3 Å². The van der Waals surface area contributed by atoms with Crippen molar-refractivity contribution in [1.29, 1.82) is 0 Å². The topological polar surface area (TPSA) is 262 Å². The zero-order chi connectivity index (χ0) is 43.9. The lowest BCUT2D eigenvalue weighted by Crippen LogP contribution is -2.57. The number of nitrogens with zero attached hydrogens (tertiary/aromatic N) is 1. The van der Waals surface area contributed by atoms with E-state index in [0.717, 1.165) is 37.0 Å². The summed E-state index contributed by atoms with van der Waals surface area (Å²) in [5.74, 6) is -4.31. The van der Waals surface area contributed by atoms with Crippen molar-refractivity contribution in [3.8, 4) is 22.6 Å². The van der Waals surface area contributed by atoms with Gasteiger partial charge in [-0.3, -0.25) is 33.6 Å². The normalized spacial score (nSPS) is 19.7. The number of nitrogens with two attached hydrogens (primary N) is 1. The second-order valence-electron chi connectivity index (χ2n) is 15.6. The first kappa shape index (κ1) is 47.1. The number of Topliss-reactive ketones (excluding diaryl/α,β-unsaturated/α-hetero) is 1. The molecule has 0 spiro atoms. The highest BCUT2D eigenvalue weighted by Gasteiger charge is 2.38. The minimum Gasteiger partial charge on any atom is -0.507 e. The van der Waals surface area contributed by atoms with Crippen LogP contribution in [0, 0.1) is 0 Å². The number of ketones is 1. The fourth-order valence-corrected chi connectivity index (χ4v) is 7.07. The number of carbonyl (C=O) groups is 7. The maximum absolute atomic E-state index is 14.4. The highest BCUT2D eigenvalue weighted by atomic mass is 16.6. The van der Waals surface area contributed by atoms with Gasteiger partial charge in [0.2, 0.25) is 35.4 Å². The number of nitrogens with one attached hydrogen (secondary N) is 5. The summed E-state index contributed by atoms with van der Waals surface area (Å²) >= 11 is 0. The first-order valence-electron chi connectivity index (χ1n) is 20.9. The molecule has 4 rings (SSSR count).